The number of hydrogen-bond acceptors (Lipinski definition) is 3. The highest BCUT2D eigenvalue weighted by molar-refractivity contribution is 7.99. The van der Waals surface area contributed by atoms with Crippen molar-refractivity contribution in [1.82, 2.24) is 0 Å². The number of ether oxygens (including phenoxy) is 1. The van der Waals surface area contributed by atoms with Gasteiger partial charge in [0.15, 0.2) is 0 Å². The van der Waals surface area contributed by atoms with E-state index >= 15 is 0 Å². The van der Waals surface area contributed by atoms with Crippen molar-refractivity contribution in [3.63, 3.8) is 0 Å². The van der Waals surface area contributed by atoms with Crippen LogP contribution in [0.5, 0.6) is 0 Å². The van der Waals surface area contributed by atoms with Gasteiger partial charge in [-0.15, -0.1) is 11.8 Å². The van der Waals surface area contributed by atoms with E-state index in [1.165, 1.54) is 18.9 Å². The van der Waals surface area contributed by atoms with Crippen molar-refractivity contribution in [2.75, 3.05) is 13.4 Å². The van der Waals surface area contributed by atoms with E-state index in [0.29, 0.717) is 0 Å². The van der Waals surface area contributed by atoms with E-state index in [1.807, 2.05) is 36.6 Å². The maximum atomic E-state index is 11.3. The van der Waals surface area contributed by atoms with Crippen molar-refractivity contribution < 1.29 is 9.53 Å². The third-order valence-corrected chi connectivity index (χ3v) is 2.69. The summed E-state index contributed by atoms with van der Waals surface area (Å²) < 4.78 is 4.70. The average molecular weight is 196 g/mol. The molecular formula is C10H12O2S. The van der Waals surface area contributed by atoms with Crippen molar-refractivity contribution in [1.29, 1.82) is 0 Å². The molecule has 0 amide bonds. The van der Waals surface area contributed by atoms with Crippen molar-refractivity contribution in [3.05, 3.63) is 35.9 Å². The summed E-state index contributed by atoms with van der Waals surface area (Å²) in [5.74, 6) is -0.196. The molecule has 2 nitrogen and oxygen atoms in total. The maximum Gasteiger partial charge on any atom is 0.323 e. The Morgan fingerprint density at radius 1 is 1.38 bits per heavy atom. The Morgan fingerprint density at radius 2 is 2.00 bits per heavy atom. The van der Waals surface area contributed by atoms with Crippen molar-refractivity contribution in [3.8, 4) is 0 Å². The second-order valence-corrected chi connectivity index (χ2v) is 3.49. The van der Waals surface area contributed by atoms with Gasteiger partial charge < -0.3 is 4.74 Å². The van der Waals surface area contributed by atoms with Crippen LogP contribution in [0.25, 0.3) is 0 Å². The highest BCUT2D eigenvalue weighted by Gasteiger charge is 2.19. The number of carbonyl (C=O) groups is 1. The third kappa shape index (κ3) is 2.49. The molecule has 0 aliphatic heterocycles. The minimum atomic E-state index is -0.203. The van der Waals surface area contributed by atoms with Crippen LogP contribution in [0.2, 0.25) is 0 Å². The number of rotatable bonds is 3. The van der Waals surface area contributed by atoms with Crippen LogP contribution in [-0.4, -0.2) is 19.3 Å². The lowest BCUT2D eigenvalue weighted by atomic mass is 10.1. The van der Waals surface area contributed by atoms with Crippen LogP contribution in [0.4, 0.5) is 0 Å². The summed E-state index contributed by atoms with van der Waals surface area (Å²) in [6.07, 6.45) is 1.90. The van der Waals surface area contributed by atoms with Gasteiger partial charge in [0.05, 0.1) is 7.11 Å². The first-order valence-electron chi connectivity index (χ1n) is 3.95. The zero-order chi connectivity index (χ0) is 9.68. The Kier molecular flexibility index (Phi) is 3.83. The molecule has 70 valence electrons. The van der Waals surface area contributed by atoms with Crippen LogP contribution in [-0.2, 0) is 9.53 Å². The fraction of sp³-hybridized carbons (Fsp3) is 0.300. The van der Waals surface area contributed by atoms with E-state index in [1.54, 1.807) is 0 Å². The largest absolute Gasteiger partial charge is 0.468 e. The van der Waals surface area contributed by atoms with Gasteiger partial charge in [-0.05, 0) is 11.8 Å². The van der Waals surface area contributed by atoms with Crippen LogP contribution < -0.4 is 0 Å². The topological polar surface area (TPSA) is 26.3 Å². The van der Waals surface area contributed by atoms with Crippen LogP contribution in [0.15, 0.2) is 30.3 Å². The molecule has 0 radical (unpaired) electrons. The first kappa shape index (κ1) is 10.1. The molecule has 0 heterocycles. The normalized spacial score (nSPS) is 12.2. The summed E-state index contributed by atoms with van der Waals surface area (Å²) in [4.78, 5) is 11.3. The quantitative estimate of drug-likeness (QED) is 0.694. The van der Waals surface area contributed by atoms with E-state index in [2.05, 4.69) is 0 Å². The van der Waals surface area contributed by atoms with Gasteiger partial charge in [-0.2, -0.15) is 0 Å². The predicted octanol–water partition coefficient (Wildman–Crippen LogP) is 2.26. The Labute approximate surface area is 82.3 Å². The first-order valence-corrected chi connectivity index (χ1v) is 5.24. The molecule has 1 aromatic carbocycles. The molecule has 0 N–H and O–H groups in total. The van der Waals surface area contributed by atoms with Crippen molar-refractivity contribution in [2.45, 2.75) is 5.25 Å². The lowest BCUT2D eigenvalue weighted by Crippen LogP contribution is -2.10. The standard InChI is InChI=1S/C10H12O2S/c1-12-10(11)9(13-2)8-6-4-3-5-7-8/h3-7,9H,1-2H3/t9-/m1/s1. The minimum absolute atomic E-state index is 0.196. The van der Waals surface area contributed by atoms with E-state index < -0.39 is 0 Å². The van der Waals surface area contributed by atoms with Gasteiger partial charge in [0, 0.05) is 0 Å². The Hall–Kier alpha value is -0.960. The fourth-order valence-corrected chi connectivity index (χ4v) is 1.82. The van der Waals surface area contributed by atoms with Crippen molar-refractivity contribution >= 4 is 17.7 Å². The molecule has 1 rings (SSSR count). The van der Waals surface area contributed by atoms with Gasteiger partial charge in [-0.3, -0.25) is 4.79 Å². The summed E-state index contributed by atoms with van der Waals surface area (Å²) in [6.45, 7) is 0. The minimum Gasteiger partial charge on any atom is -0.468 e. The molecule has 1 aromatic rings. The summed E-state index contributed by atoms with van der Waals surface area (Å²) in [5.41, 5.74) is 0.988. The van der Waals surface area contributed by atoms with E-state index in [4.69, 9.17) is 4.74 Å². The molecule has 0 unspecified atom stereocenters. The fourth-order valence-electron chi connectivity index (χ4n) is 1.10. The summed E-state index contributed by atoms with van der Waals surface area (Å²) in [7, 11) is 1.41. The van der Waals surface area contributed by atoms with Crippen molar-refractivity contribution in [2.24, 2.45) is 0 Å². The first-order chi connectivity index (χ1) is 6.29. The number of hydrogen-bond donors (Lipinski definition) is 0. The van der Waals surface area contributed by atoms with E-state index in [9.17, 15) is 4.79 Å². The summed E-state index contributed by atoms with van der Waals surface area (Å²) in [5, 5.41) is -0.203. The van der Waals surface area contributed by atoms with E-state index in [-0.39, 0.29) is 11.2 Å². The summed E-state index contributed by atoms with van der Waals surface area (Å²) in [6, 6.07) is 9.62. The van der Waals surface area contributed by atoms with Gasteiger partial charge >= 0.3 is 5.97 Å². The monoisotopic (exact) mass is 196 g/mol. The molecular weight excluding hydrogens is 184 g/mol. The van der Waals surface area contributed by atoms with Crippen LogP contribution in [0.3, 0.4) is 0 Å². The number of benzene rings is 1. The number of esters is 1. The molecule has 13 heavy (non-hydrogen) atoms. The average Bonchev–Trinajstić information content (AvgIpc) is 2.20. The Bertz CT molecular complexity index is 272. The molecule has 0 saturated heterocycles. The molecule has 0 aliphatic rings. The van der Waals surface area contributed by atoms with Gasteiger partial charge in [-0.25, -0.2) is 0 Å². The van der Waals surface area contributed by atoms with Crippen LogP contribution in [0, 0.1) is 0 Å². The van der Waals surface area contributed by atoms with Gasteiger partial charge in [0.1, 0.15) is 5.25 Å². The smallest absolute Gasteiger partial charge is 0.323 e. The Morgan fingerprint density at radius 3 is 2.46 bits per heavy atom. The molecule has 0 fully saturated rings. The highest BCUT2D eigenvalue weighted by Crippen LogP contribution is 2.27. The molecule has 0 bridgehead atoms. The zero-order valence-corrected chi connectivity index (χ0v) is 8.51. The maximum absolute atomic E-state index is 11.3. The zero-order valence-electron chi connectivity index (χ0n) is 7.69. The molecule has 0 saturated carbocycles. The predicted molar refractivity (Wildman–Crippen MR) is 54.7 cm³/mol. The number of thioether (sulfide) groups is 1. The molecule has 3 heteroatoms. The molecule has 1 atom stereocenters. The molecule has 0 aliphatic carbocycles. The molecule has 0 spiro atoms. The van der Waals surface area contributed by atoms with Gasteiger partial charge in [-0.1, -0.05) is 30.3 Å². The third-order valence-electron chi connectivity index (χ3n) is 1.75. The van der Waals surface area contributed by atoms with Crippen LogP contribution >= 0.6 is 11.8 Å². The SMILES string of the molecule is COC(=O)[C@H](SC)c1ccccc1. The number of methoxy groups -OCH3 is 1. The lowest BCUT2D eigenvalue weighted by Gasteiger charge is -2.11. The van der Waals surface area contributed by atoms with Crippen LogP contribution in [0.1, 0.15) is 10.8 Å². The van der Waals surface area contributed by atoms with E-state index in [0.717, 1.165) is 5.56 Å². The highest BCUT2D eigenvalue weighted by atomic mass is 32.2. The van der Waals surface area contributed by atoms with Gasteiger partial charge in [0.25, 0.3) is 0 Å². The number of carbonyl (C=O) groups excluding carboxylic acids is 1. The second kappa shape index (κ2) is 4.92. The summed E-state index contributed by atoms with van der Waals surface area (Å²) >= 11 is 1.48. The lowest BCUT2D eigenvalue weighted by molar-refractivity contribution is -0.140. The molecule has 0 aromatic heterocycles. The van der Waals surface area contributed by atoms with Gasteiger partial charge in [0.2, 0.25) is 0 Å². The Balaban J connectivity index is 2.85. The second-order valence-electron chi connectivity index (χ2n) is 2.55.